The predicted molar refractivity (Wildman–Crippen MR) is 122 cm³/mol. The predicted octanol–water partition coefficient (Wildman–Crippen LogP) is 6.18. The van der Waals surface area contributed by atoms with E-state index in [9.17, 15) is 0 Å². The number of nitrogens with zero attached hydrogens (tertiary/aromatic N) is 3. The Morgan fingerprint density at radius 1 is 0.900 bits per heavy atom. The normalized spacial score (nSPS) is 12.1. The van der Waals surface area contributed by atoms with Crippen LogP contribution >= 0.6 is 11.8 Å². The average molecular weight is 417 g/mol. The van der Waals surface area contributed by atoms with Crippen LogP contribution in [0.3, 0.4) is 0 Å². The zero-order valence-electron chi connectivity index (χ0n) is 17.2. The highest BCUT2D eigenvalue weighted by Crippen LogP contribution is 2.40. The van der Waals surface area contributed by atoms with Gasteiger partial charge in [0.1, 0.15) is 11.1 Å². The van der Waals surface area contributed by atoms with E-state index in [4.69, 9.17) is 9.51 Å². The van der Waals surface area contributed by atoms with Crippen molar-refractivity contribution in [2.45, 2.75) is 29.9 Å². The molecular formula is C24H24N4OS. The number of thioether (sulfide) groups is 1. The highest BCUT2D eigenvalue weighted by atomic mass is 32.2. The van der Waals surface area contributed by atoms with Crippen LogP contribution < -0.4 is 5.32 Å². The van der Waals surface area contributed by atoms with Gasteiger partial charge in [0.05, 0.1) is 5.56 Å². The van der Waals surface area contributed by atoms with Gasteiger partial charge in [-0.3, -0.25) is 0 Å². The van der Waals surface area contributed by atoms with Crippen LogP contribution in [0, 0.1) is 0 Å². The molecule has 4 aromatic rings. The summed E-state index contributed by atoms with van der Waals surface area (Å²) in [6, 6.07) is 22.7. The lowest BCUT2D eigenvalue weighted by Crippen LogP contribution is -1.99. The summed E-state index contributed by atoms with van der Waals surface area (Å²) in [7, 11) is 1.83. The van der Waals surface area contributed by atoms with Crippen molar-refractivity contribution in [1.29, 1.82) is 0 Å². The fraction of sp³-hybridized carbons (Fsp3) is 0.208. The van der Waals surface area contributed by atoms with E-state index >= 15 is 0 Å². The number of hydrogen-bond donors (Lipinski definition) is 1. The minimum absolute atomic E-state index is 0.105. The first-order valence-electron chi connectivity index (χ1n) is 9.94. The topological polar surface area (TPSA) is 63.8 Å². The number of rotatable bonds is 7. The molecule has 0 spiro atoms. The van der Waals surface area contributed by atoms with Crippen molar-refractivity contribution in [3.63, 3.8) is 0 Å². The van der Waals surface area contributed by atoms with Crippen LogP contribution in [0.1, 0.15) is 42.0 Å². The molecule has 2 aromatic heterocycles. The first kappa shape index (κ1) is 20.2. The number of pyridine rings is 1. The molecule has 0 aliphatic carbocycles. The van der Waals surface area contributed by atoms with Gasteiger partial charge in [0.25, 0.3) is 0 Å². The van der Waals surface area contributed by atoms with E-state index in [1.165, 1.54) is 5.56 Å². The summed E-state index contributed by atoms with van der Waals surface area (Å²) in [5, 5.41) is 7.22. The highest BCUT2D eigenvalue weighted by molar-refractivity contribution is 7.99. The Morgan fingerprint density at radius 3 is 2.37 bits per heavy atom. The third kappa shape index (κ3) is 4.39. The molecule has 5 nitrogen and oxygen atoms in total. The molecule has 6 heteroatoms. The maximum absolute atomic E-state index is 5.73. The van der Waals surface area contributed by atoms with Crippen molar-refractivity contribution in [3.05, 3.63) is 89.9 Å². The third-order valence-corrected chi connectivity index (χ3v) is 6.11. The fourth-order valence-electron chi connectivity index (χ4n) is 3.19. The summed E-state index contributed by atoms with van der Waals surface area (Å²) in [6.45, 7) is 4.40. The van der Waals surface area contributed by atoms with Gasteiger partial charge in [-0.15, -0.1) is 11.8 Å². The molecule has 0 aliphatic rings. The number of aromatic nitrogens is 3. The molecule has 0 aliphatic heterocycles. The molecule has 1 N–H and O–H groups in total. The Labute approximate surface area is 181 Å². The smallest absolute Gasteiger partial charge is 0.244 e. The van der Waals surface area contributed by atoms with Gasteiger partial charge in [-0.1, -0.05) is 61.5 Å². The second kappa shape index (κ2) is 9.13. The van der Waals surface area contributed by atoms with Crippen LogP contribution in [-0.2, 0) is 0 Å². The molecule has 152 valence electrons. The van der Waals surface area contributed by atoms with E-state index in [0.717, 1.165) is 21.8 Å². The van der Waals surface area contributed by atoms with Crippen molar-refractivity contribution in [2.75, 3.05) is 12.4 Å². The Morgan fingerprint density at radius 2 is 1.67 bits per heavy atom. The number of anilines is 1. The maximum atomic E-state index is 5.73. The van der Waals surface area contributed by atoms with Crippen LogP contribution in [0.4, 0.5) is 5.82 Å². The number of benzene rings is 2. The van der Waals surface area contributed by atoms with Gasteiger partial charge in [0.2, 0.25) is 11.7 Å². The summed E-state index contributed by atoms with van der Waals surface area (Å²) in [5.41, 5.74) is 3.26. The molecular weight excluding hydrogens is 392 g/mol. The molecule has 0 bridgehead atoms. The molecule has 2 aromatic carbocycles. The SMILES string of the molecule is CNc1ncccc1-c1noc(C(Sc2ccc(C(C)C)cc2)c2ccccc2)n1. The summed E-state index contributed by atoms with van der Waals surface area (Å²) < 4.78 is 5.73. The lowest BCUT2D eigenvalue weighted by atomic mass is 10.0. The van der Waals surface area contributed by atoms with Crippen molar-refractivity contribution in [2.24, 2.45) is 0 Å². The lowest BCUT2D eigenvalue weighted by Gasteiger charge is -2.14. The van der Waals surface area contributed by atoms with Gasteiger partial charge in [-0.05, 0) is 41.3 Å². The largest absolute Gasteiger partial charge is 0.373 e. The summed E-state index contributed by atoms with van der Waals surface area (Å²) in [4.78, 5) is 10.2. The zero-order valence-corrected chi connectivity index (χ0v) is 18.1. The molecule has 2 heterocycles. The molecule has 1 unspecified atom stereocenters. The molecule has 30 heavy (non-hydrogen) atoms. The van der Waals surface area contributed by atoms with Crippen molar-refractivity contribution in [1.82, 2.24) is 15.1 Å². The quantitative estimate of drug-likeness (QED) is 0.363. The number of hydrogen-bond acceptors (Lipinski definition) is 6. The highest BCUT2D eigenvalue weighted by Gasteiger charge is 2.24. The minimum atomic E-state index is -0.105. The summed E-state index contributed by atoms with van der Waals surface area (Å²) >= 11 is 1.71. The molecule has 0 amide bonds. The van der Waals surface area contributed by atoms with Crippen molar-refractivity contribution in [3.8, 4) is 11.4 Å². The summed E-state index contributed by atoms with van der Waals surface area (Å²) in [6.07, 6.45) is 1.74. The summed E-state index contributed by atoms with van der Waals surface area (Å²) in [5.74, 6) is 2.32. The van der Waals surface area contributed by atoms with Gasteiger partial charge < -0.3 is 9.84 Å². The molecule has 0 saturated heterocycles. The lowest BCUT2D eigenvalue weighted by molar-refractivity contribution is 0.384. The molecule has 1 atom stereocenters. The van der Waals surface area contributed by atoms with E-state index in [1.807, 2.05) is 37.4 Å². The van der Waals surface area contributed by atoms with Gasteiger partial charge >= 0.3 is 0 Å². The molecule has 0 radical (unpaired) electrons. The van der Waals surface area contributed by atoms with E-state index in [1.54, 1.807) is 18.0 Å². The minimum Gasteiger partial charge on any atom is -0.373 e. The Hall–Kier alpha value is -3.12. The van der Waals surface area contributed by atoms with Gasteiger partial charge in [0.15, 0.2) is 0 Å². The fourth-order valence-corrected chi connectivity index (χ4v) is 4.25. The van der Waals surface area contributed by atoms with E-state index in [0.29, 0.717) is 17.6 Å². The molecule has 0 saturated carbocycles. The first-order valence-corrected chi connectivity index (χ1v) is 10.8. The van der Waals surface area contributed by atoms with E-state index in [-0.39, 0.29) is 5.25 Å². The van der Waals surface area contributed by atoms with Crippen molar-refractivity contribution < 1.29 is 4.52 Å². The second-order valence-corrected chi connectivity index (χ2v) is 8.42. The monoisotopic (exact) mass is 416 g/mol. The Kier molecular flexibility index (Phi) is 6.14. The van der Waals surface area contributed by atoms with Gasteiger partial charge in [-0.2, -0.15) is 4.98 Å². The van der Waals surface area contributed by atoms with Crippen LogP contribution in [0.15, 0.2) is 82.3 Å². The molecule has 0 fully saturated rings. The molecule has 4 rings (SSSR count). The number of nitrogens with one attached hydrogen (secondary N) is 1. The van der Waals surface area contributed by atoms with Crippen molar-refractivity contribution >= 4 is 17.6 Å². The Bertz CT molecular complexity index is 1090. The van der Waals surface area contributed by atoms with Crippen LogP contribution in [0.25, 0.3) is 11.4 Å². The third-order valence-electron chi connectivity index (χ3n) is 4.85. The standard InChI is InChI=1S/C24H24N4OS/c1-16(2)17-11-13-19(14-12-17)30-21(18-8-5-4-6-9-18)24-27-23(28-29-24)20-10-7-15-26-22(20)25-3/h4-16,21H,1-3H3,(H,25,26). The first-order chi connectivity index (χ1) is 14.7. The van der Waals surface area contributed by atoms with Crippen LogP contribution in [0.2, 0.25) is 0 Å². The van der Waals surface area contributed by atoms with Gasteiger partial charge in [-0.25, -0.2) is 4.98 Å². The zero-order chi connectivity index (χ0) is 20.9. The second-order valence-electron chi connectivity index (χ2n) is 7.24. The van der Waals surface area contributed by atoms with Gasteiger partial charge in [0, 0.05) is 18.1 Å². The maximum Gasteiger partial charge on any atom is 0.244 e. The van der Waals surface area contributed by atoms with Crippen LogP contribution in [-0.4, -0.2) is 22.2 Å². The average Bonchev–Trinajstić information content (AvgIpc) is 3.28. The van der Waals surface area contributed by atoms with Crippen LogP contribution in [0.5, 0.6) is 0 Å². The Balaban J connectivity index is 1.68. The van der Waals surface area contributed by atoms with E-state index in [2.05, 4.69) is 65.7 Å². The van der Waals surface area contributed by atoms with E-state index < -0.39 is 0 Å².